The minimum absolute atomic E-state index is 0.0350. The molecule has 0 saturated carbocycles. The molecule has 0 spiro atoms. The van der Waals surface area contributed by atoms with Crippen molar-refractivity contribution in [2.24, 2.45) is 0 Å². The lowest BCUT2D eigenvalue weighted by Gasteiger charge is -2.36. The van der Waals surface area contributed by atoms with Crippen molar-refractivity contribution >= 4 is 11.8 Å². The summed E-state index contributed by atoms with van der Waals surface area (Å²) in [7, 11) is 0. The zero-order valence-corrected chi connectivity index (χ0v) is 16.5. The largest absolute Gasteiger partial charge is 0.481 e. The fraction of sp³-hybridized carbons (Fsp3) is 0.619. The molecule has 0 bridgehead atoms. The molecule has 2 unspecified atom stereocenters. The van der Waals surface area contributed by atoms with Gasteiger partial charge in [0, 0.05) is 32.8 Å². The highest BCUT2D eigenvalue weighted by atomic mass is 16.5. The van der Waals surface area contributed by atoms with Crippen molar-refractivity contribution in [3.05, 3.63) is 29.8 Å². The minimum atomic E-state index is -0.546. The predicted octanol–water partition coefficient (Wildman–Crippen LogP) is 2.43. The summed E-state index contributed by atoms with van der Waals surface area (Å²) in [5.74, 6) is 1.19. The van der Waals surface area contributed by atoms with Gasteiger partial charge in [0.2, 0.25) is 0 Å². The van der Waals surface area contributed by atoms with Gasteiger partial charge < -0.3 is 19.3 Å². The van der Waals surface area contributed by atoms with Crippen molar-refractivity contribution in [2.75, 3.05) is 32.8 Å². The van der Waals surface area contributed by atoms with Crippen molar-refractivity contribution in [3.63, 3.8) is 0 Å². The van der Waals surface area contributed by atoms with E-state index in [0.717, 1.165) is 12.8 Å². The highest BCUT2D eigenvalue weighted by Gasteiger charge is 2.32. The minimum Gasteiger partial charge on any atom is -0.481 e. The summed E-state index contributed by atoms with van der Waals surface area (Å²) in [6.07, 6.45) is 0.916. The van der Waals surface area contributed by atoms with E-state index < -0.39 is 6.10 Å². The lowest BCUT2D eigenvalue weighted by molar-refractivity contribution is -0.148. The second kappa shape index (κ2) is 8.74. The Labute approximate surface area is 161 Å². The zero-order valence-electron chi connectivity index (χ0n) is 16.5. The number of hydrogen-bond donors (Lipinski definition) is 0. The summed E-state index contributed by atoms with van der Waals surface area (Å²) in [6, 6.07) is 7.90. The fourth-order valence-corrected chi connectivity index (χ4v) is 3.57. The smallest absolute Gasteiger partial charge is 0.263 e. The van der Waals surface area contributed by atoms with Crippen molar-refractivity contribution in [2.45, 2.75) is 51.7 Å². The average molecular weight is 374 g/mol. The van der Waals surface area contributed by atoms with Crippen molar-refractivity contribution < 1.29 is 19.1 Å². The molecule has 27 heavy (non-hydrogen) atoms. The second-order valence-electron chi connectivity index (χ2n) is 7.64. The number of nitrogens with zero attached hydrogens (tertiary/aromatic N) is 2. The van der Waals surface area contributed by atoms with Crippen LogP contribution in [0.5, 0.6) is 5.75 Å². The monoisotopic (exact) mass is 374 g/mol. The van der Waals surface area contributed by atoms with Gasteiger partial charge in [0.25, 0.3) is 11.8 Å². The van der Waals surface area contributed by atoms with Gasteiger partial charge in [-0.05, 0) is 43.4 Å². The molecule has 6 heteroatoms. The molecular formula is C21H30N2O4. The van der Waals surface area contributed by atoms with Gasteiger partial charge in [-0.25, -0.2) is 0 Å². The maximum absolute atomic E-state index is 12.7. The van der Waals surface area contributed by atoms with Crippen LogP contribution >= 0.6 is 0 Å². The van der Waals surface area contributed by atoms with Gasteiger partial charge in [-0.2, -0.15) is 0 Å². The van der Waals surface area contributed by atoms with Crippen LogP contribution in [0.2, 0.25) is 0 Å². The van der Waals surface area contributed by atoms with Crippen molar-refractivity contribution in [1.82, 2.24) is 9.80 Å². The van der Waals surface area contributed by atoms with Gasteiger partial charge in [0.15, 0.2) is 6.10 Å². The summed E-state index contributed by atoms with van der Waals surface area (Å²) < 4.78 is 11.3. The molecular weight excluding hydrogens is 344 g/mol. The molecule has 2 aliphatic rings. The number of ether oxygens (including phenoxy) is 2. The first-order chi connectivity index (χ1) is 13.0. The average Bonchev–Trinajstić information content (AvgIpc) is 3.22. The molecule has 1 aromatic carbocycles. The zero-order chi connectivity index (χ0) is 19.4. The van der Waals surface area contributed by atoms with E-state index in [1.807, 2.05) is 29.2 Å². The maximum atomic E-state index is 12.7. The first kappa shape index (κ1) is 19.7. The number of hydrogen-bond acceptors (Lipinski definition) is 4. The van der Waals surface area contributed by atoms with Crippen LogP contribution in [0.4, 0.5) is 0 Å². The van der Waals surface area contributed by atoms with Crippen molar-refractivity contribution in [3.8, 4) is 5.75 Å². The Bertz CT molecular complexity index is 645. The lowest BCUT2D eigenvalue weighted by Crippen LogP contribution is -2.54. The predicted molar refractivity (Wildman–Crippen MR) is 103 cm³/mol. The Balaban J connectivity index is 1.48. The van der Waals surface area contributed by atoms with Gasteiger partial charge >= 0.3 is 0 Å². The first-order valence-corrected chi connectivity index (χ1v) is 9.91. The van der Waals surface area contributed by atoms with E-state index in [1.54, 1.807) is 11.8 Å². The molecule has 2 atom stereocenters. The molecule has 2 amide bonds. The van der Waals surface area contributed by atoms with Gasteiger partial charge in [0.1, 0.15) is 11.9 Å². The number of rotatable bonds is 5. The van der Waals surface area contributed by atoms with Crippen LogP contribution in [-0.2, 0) is 14.3 Å². The Kier molecular flexibility index (Phi) is 6.37. The Hall–Kier alpha value is -2.08. The molecule has 148 valence electrons. The maximum Gasteiger partial charge on any atom is 0.263 e. The number of carbonyl (C=O) groups excluding carboxylic acids is 2. The topological polar surface area (TPSA) is 59.1 Å². The van der Waals surface area contributed by atoms with E-state index in [2.05, 4.69) is 13.8 Å². The van der Waals surface area contributed by atoms with Gasteiger partial charge in [0.05, 0.1) is 0 Å². The third-order valence-corrected chi connectivity index (χ3v) is 5.32. The standard InChI is InChI=1S/C21H30N2O4/c1-15(2)17-6-8-18(9-7-17)27-16(3)20(24)22-10-12-23(13-11-22)21(25)19-5-4-14-26-19/h6-9,15-16,19H,4-5,10-14H2,1-3H3. The highest BCUT2D eigenvalue weighted by Crippen LogP contribution is 2.20. The molecule has 0 N–H and O–H groups in total. The number of benzene rings is 1. The summed E-state index contributed by atoms with van der Waals surface area (Å²) >= 11 is 0. The molecule has 2 fully saturated rings. The highest BCUT2D eigenvalue weighted by molar-refractivity contribution is 5.83. The van der Waals surface area contributed by atoms with E-state index in [0.29, 0.717) is 44.5 Å². The molecule has 0 aliphatic carbocycles. The van der Waals surface area contributed by atoms with Crippen LogP contribution in [0, 0.1) is 0 Å². The number of piperazine rings is 1. The van der Waals surface area contributed by atoms with E-state index in [1.165, 1.54) is 5.56 Å². The third-order valence-electron chi connectivity index (χ3n) is 5.32. The molecule has 6 nitrogen and oxygen atoms in total. The first-order valence-electron chi connectivity index (χ1n) is 9.91. The Morgan fingerprint density at radius 2 is 1.67 bits per heavy atom. The molecule has 3 rings (SSSR count). The van der Waals surface area contributed by atoms with Crippen LogP contribution < -0.4 is 4.74 Å². The van der Waals surface area contributed by atoms with E-state index in [9.17, 15) is 9.59 Å². The lowest BCUT2D eigenvalue weighted by atomic mass is 10.0. The van der Waals surface area contributed by atoms with Crippen LogP contribution in [0.3, 0.4) is 0 Å². The summed E-state index contributed by atoms with van der Waals surface area (Å²) in [5, 5.41) is 0. The second-order valence-corrected chi connectivity index (χ2v) is 7.64. The molecule has 2 saturated heterocycles. The molecule has 2 heterocycles. The van der Waals surface area contributed by atoms with E-state index in [-0.39, 0.29) is 17.9 Å². The van der Waals surface area contributed by atoms with Crippen LogP contribution in [-0.4, -0.2) is 66.6 Å². The molecule has 0 aromatic heterocycles. The van der Waals surface area contributed by atoms with Crippen LogP contribution in [0.1, 0.15) is 45.1 Å². The number of amides is 2. The molecule has 1 aromatic rings. The van der Waals surface area contributed by atoms with Gasteiger partial charge in [-0.15, -0.1) is 0 Å². The van der Waals surface area contributed by atoms with Crippen LogP contribution in [0.15, 0.2) is 24.3 Å². The third kappa shape index (κ3) is 4.80. The van der Waals surface area contributed by atoms with Gasteiger partial charge in [-0.1, -0.05) is 26.0 Å². The van der Waals surface area contributed by atoms with Crippen molar-refractivity contribution in [1.29, 1.82) is 0 Å². The summed E-state index contributed by atoms with van der Waals surface area (Å²) in [4.78, 5) is 28.7. The SMILES string of the molecule is CC(Oc1ccc(C(C)C)cc1)C(=O)N1CCN(C(=O)C2CCCO2)CC1. The summed E-state index contributed by atoms with van der Waals surface area (Å²) in [6.45, 7) is 8.93. The van der Waals surface area contributed by atoms with E-state index in [4.69, 9.17) is 9.47 Å². The van der Waals surface area contributed by atoms with Crippen LogP contribution in [0.25, 0.3) is 0 Å². The Morgan fingerprint density at radius 1 is 1.04 bits per heavy atom. The summed E-state index contributed by atoms with van der Waals surface area (Å²) in [5.41, 5.74) is 1.24. The fourth-order valence-electron chi connectivity index (χ4n) is 3.57. The number of carbonyl (C=O) groups is 2. The Morgan fingerprint density at radius 3 is 2.22 bits per heavy atom. The normalized spacial score (nSPS) is 21.4. The van der Waals surface area contributed by atoms with Gasteiger partial charge in [-0.3, -0.25) is 9.59 Å². The molecule has 2 aliphatic heterocycles. The molecule has 0 radical (unpaired) electrons. The quantitative estimate of drug-likeness (QED) is 0.794. The van der Waals surface area contributed by atoms with E-state index >= 15 is 0 Å².